The Morgan fingerprint density at radius 3 is 3.22 bits per heavy atom. The van der Waals surface area contributed by atoms with Crippen molar-refractivity contribution in [1.29, 1.82) is 0 Å². The van der Waals surface area contributed by atoms with Crippen LogP contribution in [0.25, 0.3) is 11.0 Å². The van der Waals surface area contributed by atoms with E-state index in [1.807, 2.05) is 12.1 Å². The maximum absolute atomic E-state index is 12.2. The Labute approximate surface area is 130 Å². The minimum atomic E-state index is -0.341. The molecule has 1 aliphatic heterocycles. The highest BCUT2D eigenvalue weighted by Gasteiger charge is 2.22. The highest BCUT2D eigenvalue weighted by molar-refractivity contribution is 5.98. The quantitative estimate of drug-likeness (QED) is 0.620. The maximum atomic E-state index is 12.2. The van der Waals surface area contributed by atoms with Crippen LogP contribution in [0, 0.1) is 0 Å². The molecule has 0 aliphatic carbocycles. The lowest BCUT2D eigenvalue weighted by Crippen LogP contribution is -2.35. The van der Waals surface area contributed by atoms with E-state index in [2.05, 4.69) is 30.9 Å². The second-order valence-electron chi connectivity index (χ2n) is 5.15. The zero-order valence-electron chi connectivity index (χ0n) is 12.0. The summed E-state index contributed by atoms with van der Waals surface area (Å²) in [5.74, 6) is -0.556. The number of fused-ring (bicyclic) bond motifs is 2. The molecule has 3 N–H and O–H groups in total. The fourth-order valence-corrected chi connectivity index (χ4v) is 2.54. The second-order valence-corrected chi connectivity index (χ2v) is 5.15. The molecule has 0 saturated heterocycles. The van der Waals surface area contributed by atoms with Crippen LogP contribution in [-0.2, 0) is 13.1 Å². The SMILES string of the molecule is O=C(NCc1[nH]nc2ncccc12)c1cc2n(n1)CCNC2=O. The van der Waals surface area contributed by atoms with Gasteiger partial charge in [0.25, 0.3) is 11.8 Å². The topological polar surface area (TPSA) is 118 Å². The molecule has 4 heterocycles. The van der Waals surface area contributed by atoms with Gasteiger partial charge in [-0.2, -0.15) is 10.2 Å². The summed E-state index contributed by atoms with van der Waals surface area (Å²) in [5.41, 5.74) is 1.99. The molecule has 0 atom stereocenters. The third-order valence-corrected chi connectivity index (χ3v) is 3.69. The van der Waals surface area contributed by atoms with Gasteiger partial charge >= 0.3 is 0 Å². The van der Waals surface area contributed by atoms with E-state index in [1.54, 1.807) is 10.9 Å². The smallest absolute Gasteiger partial charge is 0.272 e. The first-order valence-electron chi connectivity index (χ1n) is 7.14. The summed E-state index contributed by atoms with van der Waals surface area (Å²) in [5, 5.41) is 17.4. The Kier molecular flexibility index (Phi) is 3.04. The van der Waals surface area contributed by atoms with Crippen LogP contribution in [0.4, 0.5) is 0 Å². The number of nitrogens with zero attached hydrogens (tertiary/aromatic N) is 4. The molecule has 3 aromatic rings. The Hall–Kier alpha value is -3.23. The third-order valence-electron chi connectivity index (χ3n) is 3.69. The first-order valence-corrected chi connectivity index (χ1v) is 7.14. The average molecular weight is 311 g/mol. The summed E-state index contributed by atoms with van der Waals surface area (Å²) < 4.78 is 1.54. The van der Waals surface area contributed by atoms with Crippen LogP contribution < -0.4 is 10.6 Å². The average Bonchev–Trinajstić information content (AvgIpc) is 3.17. The van der Waals surface area contributed by atoms with E-state index < -0.39 is 0 Å². The maximum Gasteiger partial charge on any atom is 0.272 e. The molecule has 0 bridgehead atoms. The minimum absolute atomic E-state index is 0.214. The highest BCUT2D eigenvalue weighted by atomic mass is 16.2. The molecule has 0 saturated carbocycles. The van der Waals surface area contributed by atoms with Crippen molar-refractivity contribution in [2.45, 2.75) is 13.1 Å². The predicted octanol–water partition coefficient (Wildman–Crippen LogP) is -0.172. The minimum Gasteiger partial charge on any atom is -0.349 e. The summed E-state index contributed by atoms with van der Waals surface area (Å²) in [7, 11) is 0. The molecule has 23 heavy (non-hydrogen) atoms. The molecule has 116 valence electrons. The van der Waals surface area contributed by atoms with Gasteiger partial charge < -0.3 is 10.6 Å². The van der Waals surface area contributed by atoms with E-state index >= 15 is 0 Å². The number of carbonyl (C=O) groups is 2. The summed E-state index contributed by atoms with van der Waals surface area (Å²) in [6.07, 6.45) is 1.66. The molecule has 0 unspecified atom stereocenters. The van der Waals surface area contributed by atoms with E-state index in [4.69, 9.17) is 0 Å². The molecule has 0 radical (unpaired) electrons. The molecule has 3 aromatic heterocycles. The summed E-state index contributed by atoms with van der Waals surface area (Å²) in [4.78, 5) is 28.0. The van der Waals surface area contributed by atoms with Gasteiger partial charge in [0.1, 0.15) is 5.69 Å². The first kappa shape index (κ1) is 13.4. The Morgan fingerprint density at radius 1 is 1.43 bits per heavy atom. The lowest BCUT2D eigenvalue weighted by molar-refractivity contribution is 0.0919. The van der Waals surface area contributed by atoms with Gasteiger partial charge in [0.2, 0.25) is 0 Å². The third kappa shape index (κ3) is 2.31. The van der Waals surface area contributed by atoms with Crippen molar-refractivity contribution < 1.29 is 9.59 Å². The number of amides is 2. The van der Waals surface area contributed by atoms with Gasteiger partial charge in [-0.3, -0.25) is 19.4 Å². The molecular weight excluding hydrogens is 298 g/mol. The molecule has 1 aliphatic rings. The van der Waals surface area contributed by atoms with E-state index in [1.165, 1.54) is 6.07 Å². The number of pyridine rings is 1. The molecular formula is C14H13N7O2. The Balaban J connectivity index is 1.51. The van der Waals surface area contributed by atoms with Crippen LogP contribution in [-0.4, -0.2) is 43.3 Å². The lowest BCUT2D eigenvalue weighted by atomic mass is 10.2. The molecule has 9 nitrogen and oxygen atoms in total. The van der Waals surface area contributed by atoms with Gasteiger partial charge in [-0.25, -0.2) is 4.98 Å². The number of hydrogen-bond acceptors (Lipinski definition) is 5. The monoisotopic (exact) mass is 311 g/mol. The van der Waals surface area contributed by atoms with Crippen LogP contribution in [0.3, 0.4) is 0 Å². The molecule has 2 amide bonds. The van der Waals surface area contributed by atoms with Crippen LogP contribution in [0.15, 0.2) is 24.4 Å². The number of rotatable bonds is 3. The normalized spacial score (nSPS) is 13.7. The Morgan fingerprint density at radius 2 is 2.35 bits per heavy atom. The van der Waals surface area contributed by atoms with Gasteiger partial charge in [0.05, 0.1) is 18.8 Å². The van der Waals surface area contributed by atoms with Crippen LogP contribution >= 0.6 is 0 Å². The number of carbonyl (C=O) groups excluding carboxylic acids is 2. The fourth-order valence-electron chi connectivity index (χ4n) is 2.54. The van der Waals surface area contributed by atoms with Crippen molar-refractivity contribution in [2.24, 2.45) is 0 Å². The lowest BCUT2D eigenvalue weighted by Gasteiger charge is -2.13. The van der Waals surface area contributed by atoms with Crippen molar-refractivity contribution in [3.63, 3.8) is 0 Å². The standard InChI is InChI=1S/C14H13N7O2/c22-13(9-6-11-14(23)16-4-5-21(11)20-9)17-7-10-8-2-1-3-15-12(8)19-18-10/h1-3,6H,4-5,7H2,(H,16,23)(H,17,22)(H,15,18,19). The fraction of sp³-hybridized carbons (Fsp3) is 0.214. The van der Waals surface area contributed by atoms with Crippen LogP contribution in [0.1, 0.15) is 26.7 Å². The molecule has 0 fully saturated rings. The summed E-state index contributed by atoms with van der Waals surface area (Å²) >= 11 is 0. The number of aromatic amines is 1. The van der Waals surface area contributed by atoms with Crippen LogP contribution in [0.2, 0.25) is 0 Å². The van der Waals surface area contributed by atoms with E-state index in [-0.39, 0.29) is 24.1 Å². The van der Waals surface area contributed by atoms with E-state index in [9.17, 15) is 9.59 Å². The molecule has 9 heteroatoms. The highest BCUT2D eigenvalue weighted by Crippen LogP contribution is 2.13. The van der Waals surface area contributed by atoms with E-state index in [0.29, 0.717) is 24.4 Å². The summed E-state index contributed by atoms with van der Waals surface area (Å²) in [6, 6.07) is 5.19. The van der Waals surface area contributed by atoms with Gasteiger partial charge in [-0.15, -0.1) is 0 Å². The van der Waals surface area contributed by atoms with Crippen molar-refractivity contribution in [3.05, 3.63) is 41.5 Å². The number of hydrogen-bond donors (Lipinski definition) is 3. The zero-order chi connectivity index (χ0) is 15.8. The van der Waals surface area contributed by atoms with Gasteiger partial charge in [-0.05, 0) is 12.1 Å². The van der Waals surface area contributed by atoms with Crippen molar-refractivity contribution in [2.75, 3.05) is 6.54 Å². The van der Waals surface area contributed by atoms with Gasteiger partial charge in [-0.1, -0.05) is 0 Å². The molecule has 4 rings (SSSR count). The summed E-state index contributed by atoms with van der Waals surface area (Å²) in [6.45, 7) is 1.35. The number of H-pyrrole nitrogens is 1. The first-order chi connectivity index (χ1) is 11.2. The van der Waals surface area contributed by atoms with E-state index in [0.717, 1.165) is 11.1 Å². The van der Waals surface area contributed by atoms with Crippen molar-refractivity contribution in [3.8, 4) is 0 Å². The zero-order valence-corrected chi connectivity index (χ0v) is 12.0. The largest absolute Gasteiger partial charge is 0.349 e. The van der Waals surface area contributed by atoms with Gasteiger partial charge in [0, 0.05) is 24.2 Å². The van der Waals surface area contributed by atoms with Crippen molar-refractivity contribution in [1.82, 2.24) is 35.6 Å². The second kappa shape index (κ2) is 5.20. The Bertz CT molecular complexity index is 911. The molecule has 0 aromatic carbocycles. The number of aromatic nitrogens is 5. The van der Waals surface area contributed by atoms with Gasteiger partial charge in [0.15, 0.2) is 11.3 Å². The molecule has 0 spiro atoms. The van der Waals surface area contributed by atoms with Crippen molar-refractivity contribution >= 4 is 22.8 Å². The van der Waals surface area contributed by atoms with Crippen LogP contribution in [0.5, 0.6) is 0 Å². The number of nitrogens with one attached hydrogen (secondary N) is 3. The predicted molar refractivity (Wildman–Crippen MR) is 79.6 cm³/mol.